The molecule has 3 nitrogen and oxygen atoms in total. The second-order valence-electron chi connectivity index (χ2n) is 5.12. The fraction of sp³-hybridized carbons (Fsp3) is 0.235. The van der Waals surface area contributed by atoms with Gasteiger partial charge in [-0.15, -0.1) is 0 Å². The van der Waals surface area contributed by atoms with Crippen molar-refractivity contribution in [3.63, 3.8) is 0 Å². The molecule has 0 saturated carbocycles. The molecule has 1 aromatic heterocycles. The van der Waals surface area contributed by atoms with Crippen molar-refractivity contribution in [1.29, 1.82) is 0 Å². The van der Waals surface area contributed by atoms with Crippen molar-refractivity contribution in [2.45, 2.75) is 26.4 Å². The van der Waals surface area contributed by atoms with Crippen LogP contribution in [0.5, 0.6) is 0 Å². The van der Waals surface area contributed by atoms with E-state index in [1.165, 1.54) is 12.1 Å². The van der Waals surface area contributed by atoms with Crippen molar-refractivity contribution in [1.82, 2.24) is 9.55 Å². The number of halogens is 1. The summed E-state index contributed by atoms with van der Waals surface area (Å²) in [4.78, 5) is 4.69. The molecule has 2 N–H and O–H groups in total. The van der Waals surface area contributed by atoms with Gasteiger partial charge in [0, 0.05) is 18.7 Å². The lowest BCUT2D eigenvalue weighted by Crippen LogP contribution is -2.00. The van der Waals surface area contributed by atoms with Gasteiger partial charge in [0.25, 0.3) is 0 Å². The van der Waals surface area contributed by atoms with Crippen LogP contribution in [0, 0.1) is 5.82 Å². The molecular formula is C17H18FN3. The van der Waals surface area contributed by atoms with E-state index in [1.54, 1.807) is 6.07 Å². The van der Waals surface area contributed by atoms with Gasteiger partial charge < -0.3 is 10.3 Å². The highest BCUT2D eigenvalue weighted by Crippen LogP contribution is 2.26. The Morgan fingerprint density at radius 3 is 2.76 bits per heavy atom. The van der Waals surface area contributed by atoms with Crippen LogP contribution in [0.4, 0.5) is 4.39 Å². The standard InChI is InChI=1S/C17H18FN3/c1-2-8-21-16-7-6-12(11-19)9-15(16)20-17(21)13-4-3-5-14(18)10-13/h3-7,9-10H,2,8,11,19H2,1H3. The number of rotatable bonds is 4. The summed E-state index contributed by atoms with van der Waals surface area (Å²) in [6, 6.07) is 12.6. The smallest absolute Gasteiger partial charge is 0.141 e. The maximum absolute atomic E-state index is 13.5. The number of fused-ring (bicyclic) bond motifs is 1. The third-order valence-corrected chi connectivity index (χ3v) is 3.58. The summed E-state index contributed by atoms with van der Waals surface area (Å²) in [5.74, 6) is 0.561. The molecule has 0 radical (unpaired) electrons. The maximum atomic E-state index is 13.5. The minimum absolute atomic E-state index is 0.245. The van der Waals surface area contributed by atoms with Crippen LogP contribution in [0.3, 0.4) is 0 Å². The van der Waals surface area contributed by atoms with E-state index in [9.17, 15) is 4.39 Å². The summed E-state index contributed by atoms with van der Waals surface area (Å²) in [6.07, 6.45) is 0.992. The zero-order chi connectivity index (χ0) is 14.8. The van der Waals surface area contributed by atoms with Crippen LogP contribution in [0.2, 0.25) is 0 Å². The number of nitrogens with zero attached hydrogens (tertiary/aromatic N) is 2. The zero-order valence-electron chi connectivity index (χ0n) is 12.0. The molecule has 21 heavy (non-hydrogen) atoms. The Kier molecular flexibility index (Phi) is 3.71. The lowest BCUT2D eigenvalue weighted by atomic mass is 10.2. The summed E-state index contributed by atoms with van der Waals surface area (Å²) in [5.41, 5.74) is 9.51. The molecule has 0 aliphatic rings. The number of benzene rings is 2. The van der Waals surface area contributed by atoms with Crippen LogP contribution in [-0.4, -0.2) is 9.55 Å². The molecular weight excluding hydrogens is 265 g/mol. The van der Waals surface area contributed by atoms with Crippen molar-refractivity contribution < 1.29 is 4.39 Å². The van der Waals surface area contributed by atoms with Crippen LogP contribution in [0.25, 0.3) is 22.4 Å². The number of imidazole rings is 1. The van der Waals surface area contributed by atoms with Gasteiger partial charge >= 0.3 is 0 Å². The summed E-state index contributed by atoms with van der Waals surface area (Å²) in [7, 11) is 0. The third-order valence-electron chi connectivity index (χ3n) is 3.58. The molecule has 0 atom stereocenters. The lowest BCUT2D eigenvalue weighted by molar-refractivity contribution is 0.627. The number of hydrogen-bond acceptors (Lipinski definition) is 2. The van der Waals surface area contributed by atoms with Crippen molar-refractivity contribution >= 4 is 11.0 Å². The fourth-order valence-electron chi connectivity index (χ4n) is 2.60. The highest BCUT2D eigenvalue weighted by molar-refractivity contribution is 5.81. The third kappa shape index (κ3) is 2.54. The largest absolute Gasteiger partial charge is 0.326 e. The molecule has 3 aromatic rings. The molecule has 0 aliphatic heterocycles. The van der Waals surface area contributed by atoms with Crippen LogP contribution >= 0.6 is 0 Å². The SMILES string of the molecule is CCCn1c(-c2cccc(F)c2)nc2cc(CN)ccc21. The van der Waals surface area contributed by atoms with Gasteiger partial charge in [-0.3, -0.25) is 0 Å². The van der Waals surface area contributed by atoms with Gasteiger partial charge in [-0.05, 0) is 36.2 Å². The number of aryl methyl sites for hydroxylation is 1. The molecule has 0 amide bonds. The van der Waals surface area contributed by atoms with Crippen LogP contribution in [0.1, 0.15) is 18.9 Å². The quantitative estimate of drug-likeness (QED) is 0.793. The molecule has 0 spiro atoms. The zero-order valence-corrected chi connectivity index (χ0v) is 12.0. The number of hydrogen-bond donors (Lipinski definition) is 1. The Hall–Kier alpha value is -2.20. The van der Waals surface area contributed by atoms with E-state index in [-0.39, 0.29) is 5.82 Å². The highest BCUT2D eigenvalue weighted by atomic mass is 19.1. The van der Waals surface area contributed by atoms with Gasteiger partial charge in [-0.2, -0.15) is 0 Å². The molecule has 0 bridgehead atoms. The molecule has 2 aromatic carbocycles. The molecule has 3 rings (SSSR count). The van der Waals surface area contributed by atoms with Crippen molar-refractivity contribution in [3.8, 4) is 11.4 Å². The van der Waals surface area contributed by atoms with E-state index in [1.807, 2.05) is 24.3 Å². The summed E-state index contributed by atoms with van der Waals surface area (Å²) < 4.78 is 15.6. The van der Waals surface area contributed by atoms with E-state index in [0.29, 0.717) is 6.54 Å². The van der Waals surface area contributed by atoms with Crippen LogP contribution in [0.15, 0.2) is 42.5 Å². The molecule has 0 fully saturated rings. The summed E-state index contributed by atoms with van der Waals surface area (Å²) >= 11 is 0. The maximum Gasteiger partial charge on any atom is 0.141 e. The topological polar surface area (TPSA) is 43.8 Å². The van der Waals surface area contributed by atoms with Crippen LogP contribution in [-0.2, 0) is 13.1 Å². The van der Waals surface area contributed by atoms with Gasteiger partial charge in [-0.25, -0.2) is 9.37 Å². The first-order valence-electron chi connectivity index (χ1n) is 7.18. The predicted octanol–water partition coefficient (Wildman–Crippen LogP) is 3.71. The predicted molar refractivity (Wildman–Crippen MR) is 83.3 cm³/mol. The Morgan fingerprint density at radius 1 is 1.19 bits per heavy atom. The van der Waals surface area contributed by atoms with E-state index >= 15 is 0 Å². The van der Waals surface area contributed by atoms with E-state index in [0.717, 1.165) is 41.0 Å². The summed E-state index contributed by atoms with van der Waals surface area (Å²) in [6.45, 7) is 3.46. The highest BCUT2D eigenvalue weighted by Gasteiger charge is 2.12. The molecule has 1 heterocycles. The second kappa shape index (κ2) is 5.66. The van der Waals surface area contributed by atoms with Crippen LogP contribution < -0.4 is 5.73 Å². The van der Waals surface area contributed by atoms with E-state index in [4.69, 9.17) is 10.7 Å². The average molecular weight is 283 g/mol. The number of aromatic nitrogens is 2. The molecule has 108 valence electrons. The average Bonchev–Trinajstić information content (AvgIpc) is 2.85. The Labute approximate surface area is 123 Å². The Balaban J connectivity index is 2.23. The second-order valence-corrected chi connectivity index (χ2v) is 5.12. The van der Waals surface area contributed by atoms with Gasteiger partial charge in [0.05, 0.1) is 11.0 Å². The normalized spacial score (nSPS) is 11.2. The molecule has 0 saturated heterocycles. The monoisotopic (exact) mass is 283 g/mol. The first kappa shape index (κ1) is 13.8. The Morgan fingerprint density at radius 2 is 2.05 bits per heavy atom. The van der Waals surface area contributed by atoms with Gasteiger partial charge in [0.1, 0.15) is 11.6 Å². The molecule has 4 heteroatoms. The van der Waals surface area contributed by atoms with Gasteiger partial charge in [0.2, 0.25) is 0 Å². The first-order chi connectivity index (χ1) is 10.2. The molecule has 0 aliphatic carbocycles. The number of nitrogens with two attached hydrogens (primary N) is 1. The van der Waals surface area contributed by atoms with Crippen molar-refractivity contribution in [3.05, 3.63) is 53.8 Å². The minimum Gasteiger partial charge on any atom is -0.326 e. The van der Waals surface area contributed by atoms with Gasteiger partial charge in [0.15, 0.2) is 0 Å². The van der Waals surface area contributed by atoms with E-state index in [2.05, 4.69) is 11.5 Å². The van der Waals surface area contributed by atoms with Gasteiger partial charge in [-0.1, -0.05) is 25.1 Å². The minimum atomic E-state index is -0.245. The van der Waals surface area contributed by atoms with Crippen molar-refractivity contribution in [2.24, 2.45) is 5.73 Å². The first-order valence-corrected chi connectivity index (χ1v) is 7.18. The van der Waals surface area contributed by atoms with Crippen molar-refractivity contribution in [2.75, 3.05) is 0 Å². The lowest BCUT2D eigenvalue weighted by Gasteiger charge is -2.08. The van der Waals surface area contributed by atoms with E-state index < -0.39 is 0 Å². The molecule has 0 unspecified atom stereocenters. The fourth-order valence-corrected chi connectivity index (χ4v) is 2.60. The Bertz CT molecular complexity index is 777. The summed E-state index contributed by atoms with van der Waals surface area (Å²) in [5, 5.41) is 0.